The predicted octanol–water partition coefficient (Wildman–Crippen LogP) is 5.34. The highest BCUT2D eigenvalue weighted by molar-refractivity contribution is 6.30. The van der Waals surface area contributed by atoms with Crippen molar-refractivity contribution < 1.29 is 31.1 Å². The molecule has 0 saturated carbocycles. The molecule has 0 spiro atoms. The highest BCUT2D eigenvalue weighted by Gasteiger charge is 2.34. The molecule has 1 N–H and O–H groups in total. The van der Waals surface area contributed by atoms with E-state index in [1.807, 2.05) is 0 Å². The number of rotatable bonds is 4. The Morgan fingerprint density at radius 2 is 1.65 bits per heavy atom. The van der Waals surface area contributed by atoms with E-state index in [9.17, 15) is 31.1 Å². The normalized spacial score (nSPS) is 12.1. The Hall–Kier alpha value is -2.29. The van der Waals surface area contributed by atoms with Crippen LogP contribution in [-0.4, -0.2) is 10.9 Å². The molecule has 0 saturated heterocycles. The molecule has 140 valence electrons. The molecule has 1 aromatic heterocycles. The van der Waals surface area contributed by atoms with E-state index in [-0.39, 0.29) is 18.5 Å². The van der Waals surface area contributed by atoms with Crippen molar-refractivity contribution in [2.45, 2.75) is 25.2 Å². The quantitative estimate of drug-likeness (QED) is 0.559. The molecular formula is C16H11ClF6N2O. The summed E-state index contributed by atoms with van der Waals surface area (Å²) in [6.07, 6.45) is -8.20. The molecular weight excluding hydrogens is 386 g/mol. The van der Waals surface area contributed by atoms with Crippen LogP contribution in [0, 0.1) is 0 Å². The number of amides is 1. The van der Waals surface area contributed by atoms with Crippen molar-refractivity contribution in [2.75, 3.05) is 5.32 Å². The van der Waals surface area contributed by atoms with Gasteiger partial charge in [0.15, 0.2) is 0 Å². The summed E-state index contributed by atoms with van der Waals surface area (Å²) < 4.78 is 75.6. The lowest BCUT2D eigenvalue weighted by Crippen LogP contribution is -2.14. The van der Waals surface area contributed by atoms with E-state index in [0.717, 1.165) is 18.3 Å². The van der Waals surface area contributed by atoms with Crippen LogP contribution in [0.3, 0.4) is 0 Å². The Kier molecular flexibility index (Phi) is 5.80. The van der Waals surface area contributed by atoms with Gasteiger partial charge in [-0.3, -0.25) is 4.79 Å². The summed E-state index contributed by atoms with van der Waals surface area (Å²) in [6, 6.07) is 4.92. The zero-order valence-corrected chi connectivity index (χ0v) is 13.6. The van der Waals surface area contributed by atoms with Crippen LogP contribution in [0.25, 0.3) is 0 Å². The van der Waals surface area contributed by atoms with Crippen LogP contribution in [0.5, 0.6) is 0 Å². The number of hydrogen-bond donors (Lipinski definition) is 1. The number of anilines is 1. The minimum atomic E-state index is -4.72. The summed E-state index contributed by atoms with van der Waals surface area (Å²) in [7, 11) is 0. The third-order valence-electron chi connectivity index (χ3n) is 3.35. The van der Waals surface area contributed by atoms with E-state index in [0.29, 0.717) is 11.6 Å². The number of pyridine rings is 1. The summed E-state index contributed by atoms with van der Waals surface area (Å²) in [5, 5.41) is 1.51. The van der Waals surface area contributed by atoms with Crippen LogP contribution in [0.4, 0.5) is 32.0 Å². The predicted molar refractivity (Wildman–Crippen MR) is 82.6 cm³/mol. The van der Waals surface area contributed by atoms with Crippen LogP contribution < -0.4 is 5.32 Å². The lowest BCUT2D eigenvalue weighted by atomic mass is 10.1. The molecule has 0 aliphatic heterocycles. The maximum absolute atomic E-state index is 12.7. The molecule has 0 fully saturated rings. The molecule has 0 unspecified atom stereocenters. The van der Waals surface area contributed by atoms with E-state index in [2.05, 4.69) is 10.3 Å². The average Bonchev–Trinajstić information content (AvgIpc) is 2.53. The molecule has 0 aliphatic rings. The van der Waals surface area contributed by atoms with Crippen molar-refractivity contribution >= 4 is 23.2 Å². The van der Waals surface area contributed by atoms with Crippen molar-refractivity contribution in [1.29, 1.82) is 0 Å². The van der Waals surface area contributed by atoms with Crippen molar-refractivity contribution in [2.24, 2.45) is 0 Å². The largest absolute Gasteiger partial charge is 0.419 e. The fourth-order valence-corrected chi connectivity index (χ4v) is 2.27. The molecule has 1 aromatic carbocycles. The molecule has 10 heteroatoms. The van der Waals surface area contributed by atoms with Gasteiger partial charge in [0.05, 0.1) is 23.0 Å². The zero-order chi connectivity index (χ0) is 19.5. The smallest absolute Gasteiger partial charge is 0.325 e. The highest BCUT2D eigenvalue weighted by Crippen LogP contribution is 2.35. The van der Waals surface area contributed by atoms with Crippen molar-refractivity contribution in [1.82, 2.24) is 4.98 Å². The van der Waals surface area contributed by atoms with Gasteiger partial charge in [0.1, 0.15) is 5.15 Å². The molecule has 0 atom stereocenters. The SMILES string of the molecule is O=C(CCc1ccc(C(F)(F)F)cc1)Nc1cnc(Cl)c(C(F)(F)F)c1. The Labute approximate surface area is 149 Å². The van der Waals surface area contributed by atoms with Crippen LogP contribution in [0.2, 0.25) is 5.15 Å². The number of carbonyl (C=O) groups excluding carboxylic acids is 1. The number of aryl methyl sites for hydroxylation is 1. The molecule has 0 radical (unpaired) electrons. The van der Waals surface area contributed by atoms with Crippen LogP contribution in [0.1, 0.15) is 23.1 Å². The highest BCUT2D eigenvalue weighted by atomic mass is 35.5. The standard InChI is InChI=1S/C16H11ClF6N2O/c17-14-12(16(21,22)23)7-11(8-24-14)25-13(26)6-3-9-1-4-10(5-2-9)15(18,19)20/h1-2,4-5,7-8H,3,6H2,(H,25,26). The van der Waals surface area contributed by atoms with Crippen LogP contribution >= 0.6 is 11.6 Å². The van der Waals surface area contributed by atoms with E-state index >= 15 is 0 Å². The molecule has 0 bridgehead atoms. The van der Waals surface area contributed by atoms with Gasteiger partial charge in [-0.05, 0) is 30.2 Å². The van der Waals surface area contributed by atoms with Gasteiger partial charge in [0.2, 0.25) is 5.91 Å². The summed E-state index contributed by atoms with van der Waals surface area (Å²) in [5.74, 6) is -0.609. The average molecular weight is 397 g/mol. The fourth-order valence-electron chi connectivity index (χ4n) is 2.06. The number of carbonyl (C=O) groups is 1. The number of nitrogens with zero attached hydrogens (tertiary/aromatic N) is 1. The van der Waals surface area contributed by atoms with E-state index in [1.54, 1.807) is 0 Å². The van der Waals surface area contributed by atoms with Gasteiger partial charge in [0.25, 0.3) is 0 Å². The molecule has 1 amide bonds. The van der Waals surface area contributed by atoms with Gasteiger partial charge >= 0.3 is 12.4 Å². The summed E-state index contributed by atoms with van der Waals surface area (Å²) in [6.45, 7) is 0. The Morgan fingerprint density at radius 3 is 2.19 bits per heavy atom. The van der Waals surface area contributed by atoms with Gasteiger partial charge in [-0.25, -0.2) is 4.98 Å². The van der Waals surface area contributed by atoms with Crippen LogP contribution in [0.15, 0.2) is 36.5 Å². The monoisotopic (exact) mass is 396 g/mol. The number of benzene rings is 1. The molecule has 1 heterocycles. The van der Waals surface area contributed by atoms with Gasteiger partial charge in [-0.2, -0.15) is 26.3 Å². The topological polar surface area (TPSA) is 42.0 Å². The third kappa shape index (κ3) is 5.35. The van der Waals surface area contributed by atoms with Gasteiger partial charge in [-0.15, -0.1) is 0 Å². The first-order chi connectivity index (χ1) is 12.0. The van der Waals surface area contributed by atoms with Crippen molar-refractivity contribution in [3.8, 4) is 0 Å². The summed E-state index contributed by atoms with van der Waals surface area (Å²) in [4.78, 5) is 15.2. The molecule has 3 nitrogen and oxygen atoms in total. The maximum atomic E-state index is 12.7. The summed E-state index contributed by atoms with van der Waals surface area (Å²) >= 11 is 5.38. The summed E-state index contributed by atoms with van der Waals surface area (Å²) in [5.41, 5.74) is -1.69. The van der Waals surface area contributed by atoms with E-state index in [4.69, 9.17) is 11.6 Å². The van der Waals surface area contributed by atoms with E-state index in [1.165, 1.54) is 12.1 Å². The second kappa shape index (κ2) is 7.53. The molecule has 2 aromatic rings. The third-order valence-corrected chi connectivity index (χ3v) is 3.65. The number of alkyl halides is 6. The van der Waals surface area contributed by atoms with Gasteiger partial charge < -0.3 is 5.32 Å². The first-order valence-corrected chi connectivity index (χ1v) is 7.53. The number of hydrogen-bond acceptors (Lipinski definition) is 2. The number of nitrogens with one attached hydrogen (secondary N) is 1. The van der Waals surface area contributed by atoms with Gasteiger partial charge in [0, 0.05) is 6.42 Å². The zero-order valence-electron chi connectivity index (χ0n) is 12.9. The fraction of sp³-hybridized carbons (Fsp3) is 0.250. The maximum Gasteiger partial charge on any atom is 0.419 e. The molecule has 2 rings (SSSR count). The van der Waals surface area contributed by atoms with Gasteiger partial charge in [-0.1, -0.05) is 23.7 Å². The van der Waals surface area contributed by atoms with Crippen molar-refractivity contribution in [3.05, 3.63) is 58.4 Å². The Bertz CT molecular complexity index is 787. The van der Waals surface area contributed by atoms with Crippen LogP contribution in [-0.2, 0) is 23.6 Å². The number of aromatic nitrogens is 1. The second-order valence-corrected chi connectivity index (χ2v) is 5.66. The second-order valence-electron chi connectivity index (χ2n) is 5.30. The number of halogens is 7. The Balaban J connectivity index is 1.97. The Morgan fingerprint density at radius 1 is 1.04 bits per heavy atom. The first kappa shape index (κ1) is 20.0. The molecule has 26 heavy (non-hydrogen) atoms. The van der Waals surface area contributed by atoms with Crippen molar-refractivity contribution in [3.63, 3.8) is 0 Å². The minimum Gasteiger partial charge on any atom is -0.325 e. The lowest BCUT2D eigenvalue weighted by Gasteiger charge is -2.11. The first-order valence-electron chi connectivity index (χ1n) is 7.15. The van der Waals surface area contributed by atoms with E-state index < -0.39 is 34.5 Å². The molecule has 0 aliphatic carbocycles. The lowest BCUT2D eigenvalue weighted by molar-refractivity contribution is -0.138. The minimum absolute atomic E-state index is 0.122.